The summed E-state index contributed by atoms with van der Waals surface area (Å²) in [6.45, 7) is 4.47. The van der Waals surface area contributed by atoms with Crippen molar-refractivity contribution < 1.29 is 9.53 Å². The second-order valence-corrected chi connectivity index (χ2v) is 4.40. The highest BCUT2D eigenvalue weighted by molar-refractivity contribution is 5.72. The van der Waals surface area contributed by atoms with Gasteiger partial charge in [0.25, 0.3) is 0 Å². The van der Waals surface area contributed by atoms with Crippen LogP contribution in [0, 0.1) is 0 Å². The van der Waals surface area contributed by atoms with Gasteiger partial charge in [0.05, 0.1) is 13.0 Å². The largest absolute Gasteiger partial charge is 0.465 e. The van der Waals surface area contributed by atoms with Crippen molar-refractivity contribution in [2.24, 2.45) is 5.73 Å². The van der Waals surface area contributed by atoms with E-state index in [2.05, 4.69) is 0 Å². The Morgan fingerprint density at radius 3 is 2.41 bits per heavy atom. The predicted molar refractivity (Wildman–Crippen MR) is 68.7 cm³/mol. The zero-order chi connectivity index (χ0) is 12.7. The first-order valence-corrected chi connectivity index (χ1v) is 6.10. The molecule has 0 bridgehead atoms. The number of esters is 1. The summed E-state index contributed by atoms with van der Waals surface area (Å²) in [5.74, 6) is -0.160. The first kappa shape index (κ1) is 13.7. The Kier molecular flexibility index (Phi) is 5.70. The first-order chi connectivity index (χ1) is 8.11. The van der Waals surface area contributed by atoms with Gasteiger partial charge in [-0.1, -0.05) is 31.2 Å². The monoisotopic (exact) mass is 235 g/mol. The lowest BCUT2D eigenvalue weighted by molar-refractivity contribution is -0.142. The second kappa shape index (κ2) is 7.07. The minimum absolute atomic E-state index is 0.160. The molecule has 0 saturated carbocycles. The van der Waals surface area contributed by atoms with Gasteiger partial charge in [-0.15, -0.1) is 0 Å². The van der Waals surface area contributed by atoms with Gasteiger partial charge >= 0.3 is 5.97 Å². The third-order valence-electron chi connectivity index (χ3n) is 2.40. The number of carbonyl (C=O) groups excluding carboxylic acids is 1. The first-order valence-electron chi connectivity index (χ1n) is 6.10. The molecule has 1 atom stereocenters. The van der Waals surface area contributed by atoms with E-state index in [0.29, 0.717) is 13.0 Å². The highest BCUT2D eigenvalue weighted by Crippen LogP contribution is 2.07. The summed E-state index contributed by atoms with van der Waals surface area (Å²) in [6.07, 6.45) is 2.07. The van der Waals surface area contributed by atoms with Gasteiger partial charge in [-0.2, -0.15) is 0 Å². The van der Waals surface area contributed by atoms with Crippen LogP contribution >= 0.6 is 0 Å². The fourth-order valence-electron chi connectivity index (χ4n) is 1.60. The SMILES string of the molecule is CCCOC(=O)Cc1ccc(CC(C)N)cc1. The number of hydrogen-bond donors (Lipinski definition) is 1. The molecule has 0 aromatic heterocycles. The number of nitrogens with two attached hydrogens (primary N) is 1. The van der Waals surface area contributed by atoms with E-state index in [1.807, 2.05) is 38.1 Å². The lowest BCUT2D eigenvalue weighted by atomic mass is 10.0. The number of rotatable bonds is 6. The zero-order valence-electron chi connectivity index (χ0n) is 10.6. The maximum Gasteiger partial charge on any atom is 0.310 e. The molecule has 0 fully saturated rings. The van der Waals surface area contributed by atoms with E-state index in [9.17, 15) is 4.79 Å². The molecule has 3 nitrogen and oxygen atoms in total. The molecule has 3 heteroatoms. The third kappa shape index (κ3) is 5.50. The van der Waals surface area contributed by atoms with Crippen molar-refractivity contribution in [2.75, 3.05) is 6.61 Å². The normalized spacial score (nSPS) is 12.2. The average Bonchev–Trinajstić information content (AvgIpc) is 2.28. The standard InChI is InChI=1S/C14H21NO2/c1-3-8-17-14(16)10-13-6-4-12(5-7-13)9-11(2)15/h4-7,11H,3,8-10,15H2,1-2H3. The highest BCUT2D eigenvalue weighted by atomic mass is 16.5. The van der Waals surface area contributed by atoms with Crippen molar-refractivity contribution >= 4 is 5.97 Å². The lowest BCUT2D eigenvalue weighted by Crippen LogP contribution is -2.17. The molecular weight excluding hydrogens is 214 g/mol. The molecule has 1 rings (SSSR count). The Hall–Kier alpha value is -1.35. The van der Waals surface area contributed by atoms with Gasteiger partial charge < -0.3 is 10.5 Å². The smallest absolute Gasteiger partial charge is 0.310 e. The van der Waals surface area contributed by atoms with Gasteiger partial charge in [-0.05, 0) is 30.9 Å². The topological polar surface area (TPSA) is 52.3 Å². The molecule has 1 aromatic carbocycles. The van der Waals surface area contributed by atoms with Crippen LogP contribution < -0.4 is 5.73 Å². The van der Waals surface area contributed by atoms with Crippen LogP contribution in [0.25, 0.3) is 0 Å². The van der Waals surface area contributed by atoms with Crippen molar-refractivity contribution in [1.29, 1.82) is 0 Å². The van der Waals surface area contributed by atoms with Gasteiger partial charge in [-0.3, -0.25) is 4.79 Å². The van der Waals surface area contributed by atoms with Gasteiger partial charge in [0.2, 0.25) is 0 Å². The van der Waals surface area contributed by atoms with Crippen LogP contribution in [0.5, 0.6) is 0 Å². The van der Waals surface area contributed by atoms with Crippen LogP contribution in [0.3, 0.4) is 0 Å². The highest BCUT2D eigenvalue weighted by Gasteiger charge is 2.04. The molecule has 0 spiro atoms. The third-order valence-corrected chi connectivity index (χ3v) is 2.40. The van der Waals surface area contributed by atoms with E-state index < -0.39 is 0 Å². The van der Waals surface area contributed by atoms with E-state index in [4.69, 9.17) is 10.5 Å². The fourth-order valence-corrected chi connectivity index (χ4v) is 1.60. The van der Waals surface area contributed by atoms with E-state index >= 15 is 0 Å². The van der Waals surface area contributed by atoms with Crippen LogP contribution in [0.4, 0.5) is 0 Å². The summed E-state index contributed by atoms with van der Waals surface area (Å²) in [4.78, 5) is 11.4. The van der Waals surface area contributed by atoms with Gasteiger partial charge in [0.1, 0.15) is 0 Å². The maximum atomic E-state index is 11.4. The molecule has 0 amide bonds. The van der Waals surface area contributed by atoms with Gasteiger partial charge in [0, 0.05) is 6.04 Å². The Balaban J connectivity index is 2.47. The van der Waals surface area contributed by atoms with Crippen LogP contribution in [-0.4, -0.2) is 18.6 Å². The summed E-state index contributed by atoms with van der Waals surface area (Å²) in [6, 6.07) is 8.13. The van der Waals surface area contributed by atoms with Crippen molar-refractivity contribution in [1.82, 2.24) is 0 Å². The van der Waals surface area contributed by atoms with E-state index in [-0.39, 0.29) is 12.0 Å². The van der Waals surface area contributed by atoms with Crippen molar-refractivity contribution in [3.63, 3.8) is 0 Å². The van der Waals surface area contributed by atoms with E-state index in [1.165, 1.54) is 5.56 Å². The molecule has 0 radical (unpaired) electrons. The van der Waals surface area contributed by atoms with Crippen LogP contribution in [0.15, 0.2) is 24.3 Å². The summed E-state index contributed by atoms with van der Waals surface area (Å²) in [7, 11) is 0. The molecule has 0 aliphatic heterocycles. The molecule has 94 valence electrons. The van der Waals surface area contributed by atoms with Crippen molar-refractivity contribution in [3.8, 4) is 0 Å². The van der Waals surface area contributed by atoms with Crippen molar-refractivity contribution in [2.45, 2.75) is 39.2 Å². The molecule has 0 aliphatic rings. The zero-order valence-corrected chi connectivity index (χ0v) is 10.6. The molecule has 0 heterocycles. The summed E-state index contributed by atoms with van der Waals surface area (Å²) < 4.78 is 5.03. The van der Waals surface area contributed by atoms with E-state index in [1.54, 1.807) is 0 Å². The molecule has 1 aromatic rings. The molecule has 1 unspecified atom stereocenters. The predicted octanol–water partition coefficient (Wildman–Crippen LogP) is 2.07. The Labute approximate surface area is 103 Å². The van der Waals surface area contributed by atoms with Crippen LogP contribution in [0.1, 0.15) is 31.4 Å². The van der Waals surface area contributed by atoms with Crippen LogP contribution in [0.2, 0.25) is 0 Å². The molecular formula is C14H21NO2. The fraction of sp³-hybridized carbons (Fsp3) is 0.500. The number of ether oxygens (including phenoxy) is 1. The van der Waals surface area contributed by atoms with Gasteiger partial charge in [0.15, 0.2) is 0 Å². The Bertz CT molecular complexity index is 344. The number of benzene rings is 1. The summed E-state index contributed by atoms with van der Waals surface area (Å²) in [5, 5.41) is 0. The second-order valence-electron chi connectivity index (χ2n) is 4.40. The average molecular weight is 235 g/mol. The lowest BCUT2D eigenvalue weighted by Gasteiger charge is -2.07. The summed E-state index contributed by atoms with van der Waals surface area (Å²) >= 11 is 0. The quantitative estimate of drug-likeness (QED) is 0.768. The maximum absolute atomic E-state index is 11.4. The Morgan fingerprint density at radius 1 is 1.29 bits per heavy atom. The summed E-state index contributed by atoms with van der Waals surface area (Å²) in [5.41, 5.74) is 7.91. The number of hydrogen-bond acceptors (Lipinski definition) is 3. The molecule has 0 saturated heterocycles. The minimum atomic E-state index is -0.160. The van der Waals surface area contributed by atoms with Crippen molar-refractivity contribution in [3.05, 3.63) is 35.4 Å². The molecule has 17 heavy (non-hydrogen) atoms. The minimum Gasteiger partial charge on any atom is -0.465 e. The molecule has 2 N–H and O–H groups in total. The van der Waals surface area contributed by atoms with E-state index in [0.717, 1.165) is 18.4 Å². The number of carbonyl (C=O) groups is 1. The van der Waals surface area contributed by atoms with Crippen LogP contribution in [-0.2, 0) is 22.4 Å². The molecule has 0 aliphatic carbocycles. The Morgan fingerprint density at radius 2 is 1.88 bits per heavy atom. The van der Waals surface area contributed by atoms with Gasteiger partial charge in [-0.25, -0.2) is 0 Å².